The van der Waals surface area contributed by atoms with E-state index in [9.17, 15) is 0 Å². The molecule has 0 amide bonds. The second-order valence-electron chi connectivity index (χ2n) is 5.82. The molecule has 2 atom stereocenters. The summed E-state index contributed by atoms with van der Waals surface area (Å²) < 4.78 is 5.82. The minimum Gasteiger partial charge on any atom is -0.491 e. The predicted molar refractivity (Wildman–Crippen MR) is 87.3 cm³/mol. The van der Waals surface area contributed by atoms with Crippen LogP contribution in [0.4, 0.5) is 0 Å². The Morgan fingerprint density at radius 1 is 1.20 bits per heavy atom. The molecule has 2 unspecified atom stereocenters. The Kier molecular flexibility index (Phi) is 7.68. The minimum atomic E-state index is 0.223. The van der Waals surface area contributed by atoms with Gasteiger partial charge in [-0.25, -0.2) is 0 Å². The van der Waals surface area contributed by atoms with Crippen LogP contribution in [0.2, 0.25) is 0 Å². The lowest BCUT2D eigenvalue weighted by Crippen LogP contribution is -2.25. The first-order valence-electron chi connectivity index (χ1n) is 8.06. The number of hydrogen-bond acceptors (Lipinski definition) is 2. The third kappa shape index (κ3) is 5.16. The molecule has 0 aromatic heterocycles. The van der Waals surface area contributed by atoms with Crippen molar-refractivity contribution in [3.05, 3.63) is 29.8 Å². The first-order valence-corrected chi connectivity index (χ1v) is 8.06. The van der Waals surface area contributed by atoms with Crippen LogP contribution in [0, 0.1) is 5.92 Å². The minimum absolute atomic E-state index is 0.223. The van der Waals surface area contributed by atoms with Gasteiger partial charge >= 0.3 is 0 Å². The van der Waals surface area contributed by atoms with Gasteiger partial charge in [-0.05, 0) is 50.9 Å². The van der Waals surface area contributed by atoms with Gasteiger partial charge in [-0.3, -0.25) is 0 Å². The summed E-state index contributed by atoms with van der Waals surface area (Å²) in [7, 11) is 2.06. The molecule has 0 heterocycles. The van der Waals surface area contributed by atoms with Gasteiger partial charge in [0.2, 0.25) is 0 Å². The lowest BCUT2D eigenvalue weighted by Gasteiger charge is -2.27. The van der Waals surface area contributed by atoms with Crippen LogP contribution in [-0.4, -0.2) is 13.2 Å². The average Bonchev–Trinajstić information content (AvgIpc) is 2.43. The highest BCUT2D eigenvalue weighted by Gasteiger charge is 2.20. The molecular formula is C18H31NO. The van der Waals surface area contributed by atoms with E-state index in [1.165, 1.54) is 31.2 Å². The van der Waals surface area contributed by atoms with Gasteiger partial charge in [-0.15, -0.1) is 0 Å². The van der Waals surface area contributed by atoms with Crippen LogP contribution >= 0.6 is 0 Å². The zero-order valence-electron chi connectivity index (χ0n) is 13.8. The molecule has 20 heavy (non-hydrogen) atoms. The number of unbranched alkanes of at least 4 members (excludes halogenated alkanes) is 1. The van der Waals surface area contributed by atoms with Gasteiger partial charge in [0.25, 0.3) is 0 Å². The van der Waals surface area contributed by atoms with E-state index < -0.39 is 0 Å². The van der Waals surface area contributed by atoms with Crippen molar-refractivity contribution in [2.75, 3.05) is 7.05 Å². The molecule has 0 aliphatic heterocycles. The van der Waals surface area contributed by atoms with E-state index in [2.05, 4.69) is 58.3 Å². The van der Waals surface area contributed by atoms with E-state index >= 15 is 0 Å². The van der Waals surface area contributed by atoms with Gasteiger partial charge in [0.15, 0.2) is 0 Å². The quantitative estimate of drug-likeness (QED) is 0.689. The fourth-order valence-electron chi connectivity index (χ4n) is 2.80. The highest BCUT2D eigenvalue weighted by atomic mass is 16.5. The molecule has 0 saturated carbocycles. The maximum Gasteiger partial charge on any atom is 0.120 e. The summed E-state index contributed by atoms with van der Waals surface area (Å²) in [6.45, 7) is 8.69. The van der Waals surface area contributed by atoms with Crippen molar-refractivity contribution in [3.63, 3.8) is 0 Å². The largest absolute Gasteiger partial charge is 0.491 e. The molecule has 1 aromatic rings. The Morgan fingerprint density at radius 3 is 2.50 bits per heavy atom. The lowest BCUT2D eigenvalue weighted by atomic mass is 9.87. The van der Waals surface area contributed by atoms with Crippen molar-refractivity contribution in [1.82, 2.24) is 5.32 Å². The van der Waals surface area contributed by atoms with Crippen molar-refractivity contribution >= 4 is 0 Å². The first-order chi connectivity index (χ1) is 9.62. The van der Waals surface area contributed by atoms with Crippen molar-refractivity contribution < 1.29 is 4.74 Å². The fourth-order valence-corrected chi connectivity index (χ4v) is 2.80. The molecule has 2 heteroatoms. The van der Waals surface area contributed by atoms with Crippen LogP contribution in [-0.2, 0) is 0 Å². The summed E-state index contributed by atoms with van der Waals surface area (Å²) in [4.78, 5) is 0. The van der Waals surface area contributed by atoms with E-state index in [0.29, 0.717) is 12.0 Å². The van der Waals surface area contributed by atoms with Gasteiger partial charge in [0.1, 0.15) is 5.75 Å². The Balaban J connectivity index is 2.86. The van der Waals surface area contributed by atoms with Gasteiger partial charge in [0.05, 0.1) is 6.10 Å². The van der Waals surface area contributed by atoms with Crippen LogP contribution in [0.15, 0.2) is 24.3 Å². The maximum atomic E-state index is 5.82. The molecule has 1 aromatic carbocycles. The number of rotatable bonds is 9. The topological polar surface area (TPSA) is 21.3 Å². The zero-order valence-corrected chi connectivity index (χ0v) is 13.8. The molecule has 0 spiro atoms. The number of nitrogens with one attached hydrogen (secondary N) is 1. The maximum absolute atomic E-state index is 5.82. The van der Waals surface area contributed by atoms with Gasteiger partial charge in [-0.2, -0.15) is 0 Å². The molecular weight excluding hydrogens is 246 g/mol. The van der Waals surface area contributed by atoms with Gasteiger partial charge in [0, 0.05) is 6.04 Å². The lowest BCUT2D eigenvalue weighted by molar-refractivity contribution is 0.241. The Bertz CT molecular complexity index is 375. The van der Waals surface area contributed by atoms with Crippen LogP contribution in [0.3, 0.4) is 0 Å². The molecule has 0 bridgehead atoms. The van der Waals surface area contributed by atoms with E-state index in [4.69, 9.17) is 4.74 Å². The van der Waals surface area contributed by atoms with Crippen LogP contribution in [0.5, 0.6) is 5.75 Å². The normalized spacial score (nSPS) is 14.3. The number of benzene rings is 1. The zero-order chi connectivity index (χ0) is 15.0. The van der Waals surface area contributed by atoms with Crippen LogP contribution in [0.1, 0.15) is 65.0 Å². The van der Waals surface area contributed by atoms with E-state index in [1.807, 2.05) is 6.07 Å². The number of hydrogen-bond donors (Lipinski definition) is 1. The van der Waals surface area contributed by atoms with E-state index in [-0.39, 0.29) is 6.10 Å². The second-order valence-corrected chi connectivity index (χ2v) is 5.82. The monoisotopic (exact) mass is 277 g/mol. The SMILES string of the molecule is CCCCC(CC)C(NC)c1cccc(OC(C)C)c1. The Morgan fingerprint density at radius 2 is 1.95 bits per heavy atom. The predicted octanol–water partition coefficient (Wildman–Crippen LogP) is 4.95. The van der Waals surface area contributed by atoms with Crippen molar-refractivity contribution in [3.8, 4) is 5.75 Å². The fraction of sp³-hybridized carbons (Fsp3) is 0.667. The molecule has 114 valence electrons. The van der Waals surface area contributed by atoms with Gasteiger partial charge in [-0.1, -0.05) is 45.2 Å². The first kappa shape index (κ1) is 17.0. The summed E-state index contributed by atoms with van der Waals surface area (Å²) in [6.07, 6.45) is 5.29. The summed E-state index contributed by atoms with van der Waals surface area (Å²) in [5, 5.41) is 3.50. The Labute approximate surface area is 124 Å². The van der Waals surface area contributed by atoms with Crippen LogP contribution < -0.4 is 10.1 Å². The van der Waals surface area contributed by atoms with E-state index in [0.717, 1.165) is 5.75 Å². The molecule has 2 nitrogen and oxygen atoms in total. The molecule has 0 radical (unpaired) electrons. The van der Waals surface area contributed by atoms with Crippen LogP contribution in [0.25, 0.3) is 0 Å². The highest BCUT2D eigenvalue weighted by molar-refractivity contribution is 5.31. The third-order valence-corrected chi connectivity index (χ3v) is 3.82. The molecule has 0 aliphatic carbocycles. The summed E-state index contributed by atoms with van der Waals surface area (Å²) in [5.74, 6) is 1.66. The standard InChI is InChI=1S/C18H31NO/c1-6-8-10-15(7-2)18(19-5)16-11-9-12-17(13-16)20-14(3)4/h9,11-15,18-19H,6-8,10H2,1-5H3. The third-order valence-electron chi connectivity index (χ3n) is 3.82. The second kappa shape index (κ2) is 9.02. The van der Waals surface area contributed by atoms with E-state index in [1.54, 1.807) is 0 Å². The molecule has 0 saturated heterocycles. The summed E-state index contributed by atoms with van der Waals surface area (Å²) in [5.41, 5.74) is 1.34. The number of ether oxygens (including phenoxy) is 1. The molecule has 1 N–H and O–H groups in total. The van der Waals surface area contributed by atoms with Crippen molar-refractivity contribution in [2.24, 2.45) is 5.92 Å². The summed E-state index contributed by atoms with van der Waals surface area (Å²) in [6, 6.07) is 8.97. The molecule has 0 aliphatic rings. The smallest absolute Gasteiger partial charge is 0.120 e. The molecule has 0 fully saturated rings. The molecule has 1 rings (SSSR count). The average molecular weight is 277 g/mol. The highest BCUT2D eigenvalue weighted by Crippen LogP contribution is 2.30. The van der Waals surface area contributed by atoms with Gasteiger partial charge < -0.3 is 10.1 Å². The van der Waals surface area contributed by atoms with Crippen molar-refractivity contribution in [2.45, 2.75) is 65.5 Å². The summed E-state index contributed by atoms with van der Waals surface area (Å²) >= 11 is 0. The van der Waals surface area contributed by atoms with Crippen molar-refractivity contribution in [1.29, 1.82) is 0 Å². The Hall–Kier alpha value is -1.02.